The minimum Gasteiger partial charge on any atom is -0.507 e. The molecule has 0 aromatic heterocycles. The molecule has 2 N–H and O–H groups in total. The van der Waals surface area contributed by atoms with E-state index in [1.165, 1.54) is 0 Å². The number of ether oxygens (including phenoxy) is 1. The summed E-state index contributed by atoms with van der Waals surface area (Å²) in [6.45, 7) is 13.0. The van der Waals surface area contributed by atoms with E-state index in [-0.39, 0.29) is 36.0 Å². The topological polar surface area (TPSA) is 119 Å². The Labute approximate surface area is 177 Å². The van der Waals surface area contributed by atoms with Crippen LogP contribution < -0.4 is 0 Å². The number of benzene rings is 1. The van der Waals surface area contributed by atoms with Crippen molar-refractivity contribution >= 4 is 17.9 Å². The van der Waals surface area contributed by atoms with Gasteiger partial charge in [-0.3, -0.25) is 9.68 Å². The number of aromatic hydroxyl groups is 1. The first-order chi connectivity index (χ1) is 13.6. The summed E-state index contributed by atoms with van der Waals surface area (Å²) in [4.78, 5) is 43.6. The van der Waals surface area contributed by atoms with Crippen LogP contribution in [0.25, 0.3) is 0 Å². The summed E-state index contributed by atoms with van der Waals surface area (Å²) in [6.07, 6.45) is -1.41. The summed E-state index contributed by atoms with van der Waals surface area (Å²) in [5.74, 6) is -2.37. The number of carboxylic acid groups (broad SMARTS) is 1. The fourth-order valence-electron chi connectivity index (χ4n) is 2.63. The van der Waals surface area contributed by atoms with Crippen molar-refractivity contribution in [2.24, 2.45) is 0 Å². The molecule has 168 valence electrons. The van der Waals surface area contributed by atoms with Gasteiger partial charge in [0.1, 0.15) is 18.5 Å². The molecule has 0 radical (unpaired) electrons. The van der Waals surface area contributed by atoms with Crippen molar-refractivity contribution in [1.82, 2.24) is 0 Å². The minimum absolute atomic E-state index is 0.163. The van der Waals surface area contributed by atoms with Gasteiger partial charge in [0.25, 0.3) is 0 Å². The summed E-state index contributed by atoms with van der Waals surface area (Å²) in [5, 5.41) is 19.3. The first-order valence-corrected chi connectivity index (χ1v) is 9.76. The number of carbonyl (C=O) groups excluding carboxylic acids is 2. The molecule has 0 heterocycles. The van der Waals surface area contributed by atoms with Crippen molar-refractivity contribution in [2.75, 3.05) is 6.61 Å². The van der Waals surface area contributed by atoms with Crippen molar-refractivity contribution in [3.05, 3.63) is 28.8 Å². The molecule has 0 aliphatic carbocycles. The molecule has 0 amide bonds. The molecular weight excluding hydrogens is 392 g/mol. The van der Waals surface area contributed by atoms with E-state index >= 15 is 0 Å². The molecule has 0 aliphatic rings. The first kappa shape index (κ1) is 25.4. The number of rotatable bonds is 8. The zero-order valence-corrected chi connectivity index (χ0v) is 18.7. The van der Waals surface area contributed by atoms with Gasteiger partial charge in [-0.25, -0.2) is 9.59 Å². The van der Waals surface area contributed by atoms with Gasteiger partial charge in [0.15, 0.2) is 0 Å². The van der Waals surface area contributed by atoms with Gasteiger partial charge in [-0.2, -0.15) is 4.89 Å². The van der Waals surface area contributed by atoms with Crippen LogP contribution in [0.5, 0.6) is 5.75 Å². The fraction of sp³-hybridized carbons (Fsp3) is 0.591. The Bertz CT molecular complexity index is 748. The zero-order valence-electron chi connectivity index (χ0n) is 18.7. The molecule has 1 aromatic carbocycles. The van der Waals surface area contributed by atoms with E-state index in [4.69, 9.17) is 14.7 Å². The highest BCUT2D eigenvalue weighted by molar-refractivity contribution is 5.90. The maximum absolute atomic E-state index is 12.7. The highest BCUT2D eigenvalue weighted by atomic mass is 17.2. The van der Waals surface area contributed by atoms with Gasteiger partial charge in [-0.1, -0.05) is 41.5 Å². The second-order valence-corrected chi connectivity index (χ2v) is 9.27. The van der Waals surface area contributed by atoms with E-state index in [0.717, 1.165) is 0 Å². The first-order valence-electron chi connectivity index (χ1n) is 9.76. The minimum atomic E-state index is -1.12. The lowest BCUT2D eigenvalue weighted by molar-refractivity contribution is -0.280. The monoisotopic (exact) mass is 424 g/mol. The zero-order chi connectivity index (χ0) is 23.3. The van der Waals surface area contributed by atoms with Crippen LogP contribution >= 0.6 is 0 Å². The number of phenolic OH excluding ortho intramolecular Hbond substituents is 1. The smallest absolute Gasteiger partial charge is 0.342 e. The summed E-state index contributed by atoms with van der Waals surface area (Å²) >= 11 is 0. The van der Waals surface area contributed by atoms with Gasteiger partial charge >= 0.3 is 17.9 Å². The predicted octanol–water partition coefficient (Wildman–Crippen LogP) is 3.87. The Kier molecular flexibility index (Phi) is 8.42. The van der Waals surface area contributed by atoms with E-state index in [9.17, 15) is 19.5 Å². The number of carboxylic acids is 1. The molecule has 1 atom stereocenters. The number of hydrogen-bond donors (Lipinski definition) is 2. The number of aliphatic carboxylic acids is 1. The van der Waals surface area contributed by atoms with Crippen LogP contribution in [0.2, 0.25) is 0 Å². The third-order valence-corrected chi connectivity index (χ3v) is 4.27. The van der Waals surface area contributed by atoms with Crippen LogP contribution in [0.4, 0.5) is 0 Å². The van der Waals surface area contributed by atoms with Crippen LogP contribution in [0.15, 0.2) is 12.1 Å². The molecule has 0 aliphatic heterocycles. The van der Waals surface area contributed by atoms with E-state index in [1.54, 1.807) is 19.1 Å². The quantitative estimate of drug-likeness (QED) is 0.367. The highest BCUT2D eigenvalue weighted by Gasteiger charge is 2.28. The van der Waals surface area contributed by atoms with E-state index in [1.807, 2.05) is 41.5 Å². The molecule has 0 fully saturated rings. The van der Waals surface area contributed by atoms with Crippen molar-refractivity contribution in [3.63, 3.8) is 0 Å². The third-order valence-electron chi connectivity index (χ3n) is 4.27. The van der Waals surface area contributed by atoms with Crippen molar-refractivity contribution < 1.29 is 39.1 Å². The van der Waals surface area contributed by atoms with Gasteiger partial charge < -0.3 is 14.9 Å². The number of phenols is 1. The second-order valence-electron chi connectivity index (χ2n) is 9.27. The lowest BCUT2D eigenvalue weighted by Gasteiger charge is -2.28. The maximum atomic E-state index is 12.7. The van der Waals surface area contributed by atoms with Crippen LogP contribution in [0.1, 0.15) is 82.8 Å². The number of esters is 1. The number of hydrogen-bond acceptors (Lipinski definition) is 7. The van der Waals surface area contributed by atoms with E-state index in [2.05, 4.69) is 4.89 Å². The Balaban J connectivity index is 2.86. The molecule has 0 saturated carbocycles. The van der Waals surface area contributed by atoms with Gasteiger partial charge in [-0.05, 0) is 29.9 Å². The molecule has 0 spiro atoms. The SMILES string of the molecule is CC(COOC(=O)CCC(=O)O)OC(=O)c1cc(C(C)(C)C)c(O)c(C(C)(C)C)c1. The Morgan fingerprint density at radius 3 is 1.90 bits per heavy atom. The molecule has 0 bridgehead atoms. The van der Waals surface area contributed by atoms with Gasteiger partial charge in [0.2, 0.25) is 0 Å². The van der Waals surface area contributed by atoms with Crippen molar-refractivity contribution in [1.29, 1.82) is 0 Å². The highest BCUT2D eigenvalue weighted by Crippen LogP contribution is 2.39. The van der Waals surface area contributed by atoms with Gasteiger partial charge in [0.05, 0.1) is 18.4 Å². The van der Waals surface area contributed by atoms with E-state index in [0.29, 0.717) is 16.7 Å². The molecule has 1 aromatic rings. The van der Waals surface area contributed by atoms with Crippen LogP contribution in [-0.4, -0.2) is 40.8 Å². The average Bonchev–Trinajstić information content (AvgIpc) is 2.57. The lowest BCUT2D eigenvalue weighted by atomic mass is 9.78. The molecule has 1 rings (SSSR count). The fourth-order valence-corrected chi connectivity index (χ4v) is 2.63. The molecular formula is C22H32O8. The molecule has 8 heteroatoms. The Hall–Kier alpha value is -2.61. The Morgan fingerprint density at radius 2 is 1.47 bits per heavy atom. The normalized spacial score (nSPS) is 12.9. The van der Waals surface area contributed by atoms with Crippen molar-refractivity contribution in [3.8, 4) is 5.75 Å². The molecule has 8 nitrogen and oxygen atoms in total. The standard InChI is InChI=1S/C22H32O8/c1-13(12-28-30-18(25)9-8-17(23)24)29-20(27)14-10-15(21(2,3)4)19(26)16(11-14)22(5,6)7/h10-11,13,26H,8-9,12H2,1-7H3,(H,23,24). The average molecular weight is 424 g/mol. The van der Waals surface area contributed by atoms with Crippen LogP contribution in [-0.2, 0) is 34.9 Å². The molecule has 1 unspecified atom stereocenters. The summed E-state index contributed by atoms with van der Waals surface area (Å²) in [5.41, 5.74) is 0.794. The third kappa shape index (κ3) is 7.67. The predicted molar refractivity (Wildman–Crippen MR) is 109 cm³/mol. The number of carbonyl (C=O) groups is 3. The maximum Gasteiger partial charge on any atom is 0.342 e. The van der Waals surface area contributed by atoms with Crippen molar-refractivity contribution in [2.45, 2.75) is 78.2 Å². The van der Waals surface area contributed by atoms with Gasteiger partial charge in [0, 0.05) is 11.1 Å². The summed E-state index contributed by atoms with van der Waals surface area (Å²) < 4.78 is 5.36. The summed E-state index contributed by atoms with van der Waals surface area (Å²) in [7, 11) is 0. The summed E-state index contributed by atoms with van der Waals surface area (Å²) in [6, 6.07) is 3.23. The lowest BCUT2D eigenvalue weighted by Crippen LogP contribution is -2.23. The second kappa shape index (κ2) is 9.93. The van der Waals surface area contributed by atoms with Gasteiger partial charge in [-0.15, -0.1) is 0 Å². The Morgan fingerprint density at radius 1 is 0.967 bits per heavy atom. The molecule has 0 saturated heterocycles. The van der Waals surface area contributed by atoms with E-state index < -0.39 is 24.0 Å². The molecule has 30 heavy (non-hydrogen) atoms. The largest absolute Gasteiger partial charge is 0.507 e. The van der Waals surface area contributed by atoms with Crippen LogP contribution in [0, 0.1) is 0 Å². The van der Waals surface area contributed by atoms with Crippen LogP contribution in [0.3, 0.4) is 0 Å².